The van der Waals surface area contributed by atoms with E-state index in [1.807, 2.05) is 0 Å². The molecule has 154 valence electrons. The van der Waals surface area contributed by atoms with Crippen LogP contribution in [-0.4, -0.2) is 61.1 Å². The smallest absolute Gasteiger partial charge is 0.191 e. The molecule has 0 aromatic heterocycles. The van der Waals surface area contributed by atoms with E-state index in [2.05, 4.69) is 51.6 Å². The van der Waals surface area contributed by atoms with Crippen molar-refractivity contribution in [3.63, 3.8) is 0 Å². The Kier molecular flexibility index (Phi) is 6.86. The zero-order valence-corrected chi connectivity index (χ0v) is 17.5. The number of hydrogen-bond donors (Lipinski definition) is 2. The van der Waals surface area contributed by atoms with Crippen LogP contribution in [0.4, 0.5) is 0 Å². The largest absolute Gasteiger partial charge is 0.357 e. The minimum absolute atomic E-state index is 0.734. The fraction of sp³-hybridized carbons (Fsp3) is 0.696. The van der Waals surface area contributed by atoms with Crippen molar-refractivity contribution in [2.24, 2.45) is 10.9 Å². The first-order valence-electron chi connectivity index (χ1n) is 11.4. The topological polar surface area (TPSA) is 42.9 Å². The van der Waals surface area contributed by atoms with Gasteiger partial charge in [-0.3, -0.25) is 4.90 Å². The summed E-state index contributed by atoms with van der Waals surface area (Å²) in [6.45, 7) is 10.9. The zero-order valence-electron chi connectivity index (χ0n) is 17.5. The summed E-state index contributed by atoms with van der Waals surface area (Å²) in [5.74, 6) is 1.71. The van der Waals surface area contributed by atoms with Crippen molar-refractivity contribution in [2.45, 2.75) is 58.2 Å². The summed E-state index contributed by atoms with van der Waals surface area (Å²) in [5, 5.41) is 6.98. The Bertz CT molecular complexity index is 631. The molecule has 2 heterocycles. The van der Waals surface area contributed by atoms with Crippen LogP contribution >= 0.6 is 0 Å². The van der Waals surface area contributed by atoms with E-state index in [4.69, 9.17) is 4.99 Å². The lowest BCUT2D eigenvalue weighted by Gasteiger charge is -2.17. The Balaban J connectivity index is 1.24. The van der Waals surface area contributed by atoms with E-state index in [1.165, 1.54) is 69.4 Å². The molecule has 5 nitrogen and oxygen atoms in total. The van der Waals surface area contributed by atoms with Gasteiger partial charge in [-0.05, 0) is 75.7 Å². The number of rotatable bonds is 8. The van der Waals surface area contributed by atoms with Gasteiger partial charge in [0.15, 0.2) is 5.96 Å². The van der Waals surface area contributed by atoms with E-state index in [0.717, 1.165) is 44.1 Å². The first-order chi connectivity index (χ1) is 13.8. The van der Waals surface area contributed by atoms with E-state index in [9.17, 15) is 0 Å². The second-order valence-electron chi connectivity index (χ2n) is 8.76. The molecule has 1 unspecified atom stereocenters. The van der Waals surface area contributed by atoms with Gasteiger partial charge in [0.1, 0.15) is 0 Å². The summed E-state index contributed by atoms with van der Waals surface area (Å²) in [5.41, 5.74) is 2.70. The van der Waals surface area contributed by atoms with Crippen molar-refractivity contribution in [3.05, 3.63) is 35.4 Å². The van der Waals surface area contributed by atoms with Crippen molar-refractivity contribution in [3.8, 4) is 0 Å². The highest BCUT2D eigenvalue weighted by Gasteiger charge is 2.34. The van der Waals surface area contributed by atoms with Gasteiger partial charge in [0.05, 0.1) is 6.54 Å². The van der Waals surface area contributed by atoms with E-state index in [-0.39, 0.29) is 0 Å². The maximum absolute atomic E-state index is 4.81. The van der Waals surface area contributed by atoms with Gasteiger partial charge in [0, 0.05) is 32.2 Å². The molecule has 2 aliphatic heterocycles. The summed E-state index contributed by atoms with van der Waals surface area (Å²) in [6.07, 6.45) is 6.86. The molecule has 28 heavy (non-hydrogen) atoms. The van der Waals surface area contributed by atoms with Crippen molar-refractivity contribution in [1.82, 2.24) is 20.4 Å². The summed E-state index contributed by atoms with van der Waals surface area (Å²) < 4.78 is 0. The predicted octanol–water partition coefficient (Wildman–Crippen LogP) is 2.82. The zero-order chi connectivity index (χ0) is 19.2. The summed E-state index contributed by atoms with van der Waals surface area (Å²) in [4.78, 5) is 10.0. The predicted molar refractivity (Wildman–Crippen MR) is 116 cm³/mol. The first-order valence-corrected chi connectivity index (χ1v) is 11.4. The van der Waals surface area contributed by atoms with E-state index in [1.54, 1.807) is 0 Å². The second kappa shape index (κ2) is 9.75. The molecule has 5 heteroatoms. The Hall–Kier alpha value is -1.59. The molecule has 3 aliphatic rings. The van der Waals surface area contributed by atoms with Crippen LogP contribution in [0.3, 0.4) is 0 Å². The van der Waals surface area contributed by atoms with Crippen LogP contribution in [0.1, 0.15) is 50.2 Å². The van der Waals surface area contributed by atoms with Gasteiger partial charge in [-0.2, -0.15) is 0 Å². The van der Waals surface area contributed by atoms with Gasteiger partial charge in [-0.1, -0.05) is 24.3 Å². The van der Waals surface area contributed by atoms with Crippen LogP contribution in [0.15, 0.2) is 29.3 Å². The molecule has 1 aromatic rings. The first kappa shape index (κ1) is 19.7. The molecule has 4 rings (SSSR count). The molecule has 1 aliphatic carbocycles. The fourth-order valence-electron chi connectivity index (χ4n) is 4.50. The number of nitrogens with zero attached hydrogens (tertiary/aromatic N) is 3. The van der Waals surface area contributed by atoms with Gasteiger partial charge in [-0.25, -0.2) is 4.99 Å². The Labute approximate surface area is 170 Å². The van der Waals surface area contributed by atoms with E-state index < -0.39 is 0 Å². The minimum atomic E-state index is 0.734. The Morgan fingerprint density at radius 2 is 1.75 bits per heavy atom. The van der Waals surface area contributed by atoms with Crippen LogP contribution in [0.2, 0.25) is 0 Å². The highest BCUT2D eigenvalue weighted by atomic mass is 15.2. The molecule has 1 aromatic carbocycles. The second-order valence-corrected chi connectivity index (χ2v) is 8.76. The molecule has 2 saturated heterocycles. The van der Waals surface area contributed by atoms with Gasteiger partial charge in [0.2, 0.25) is 0 Å². The standard InChI is InChI=1S/C23H37N5/c1-2-24-23(26-16-21-11-14-28(18-21)22-9-10-22)25-15-19-5-7-20(8-6-19)17-27-12-3-4-13-27/h5-8,21-22H,2-4,9-18H2,1H3,(H2,24,25,26). The normalized spacial score (nSPS) is 24.0. The van der Waals surface area contributed by atoms with Crippen LogP contribution < -0.4 is 10.6 Å². The lowest BCUT2D eigenvalue weighted by atomic mass is 10.1. The third-order valence-corrected chi connectivity index (χ3v) is 6.33. The molecule has 0 amide bonds. The quantitative estimate of drug-likeness (QED) is 0.535. The van der Waals surface area contributed by atoms with Crippen molar-refractivity contribution in [1.29, 1.82) is 0 Å². The summed E-state index contributed by atoms with van der Waals surface area (Å²) in [6, 6.07) is 9.93. The third-order valence-electron chi connectivity index (χ3n) is 6.33. The van der Waals surface area contributed by atoms with Crippen molar-refractivity contribution < 1.29 is 0 Å². The monoisotopic (exact) mass is 383 g/mol. The average molecular weight is 384 g/mol. The lowest BCUT2D eigenvalue weighted by Crippen LogP contribution is -2.40. The molecule has 1 atom stereocenters. The number of hydrogen-bond acceptors (Lipinski definition) is 3. The number of likely N-dealkylation sites (tertiary alicyclic amines) is 2. The van der Waals surface area contributed by atoms with Gasteiger partial charge in [-0.15, -0.1) is 0 Å². The average Bonchev–Trinajstić information content (AvgIpc) is 3.23. The number of aliphatic imine (C=N–C) groups is 1. The van der Waals surface area contributed by atoms with Crippen LogP contribution in [0.5, 0.6) is 0 Å². The van der Waals surface area contributed by atoms with Crippen LogP contribution in [0.25, 0.3) is 0 Å². The van der Waals surface area contributed by atoms with Gasteiger partial charge in [0.25, 0.3) is 0 Å². The summed E-state index contributed by atoms with van der Waals surface area (Å²) in [7, 11) is 0. The molecule has 2 N–H and O–H groups in total. The van der Waals surface area contributed by atoms with E-state index >= 15 is 0 Å². The molecule has 3 fully saturated rings. The minimum Gasteiger partial charge on any atom is -0.357 e. The van der Waals surface area contributed by atoms with E-state index in [0.29, 0.717) is 0 Å². The van der Waals surface area contributed by atoms with Crippen molar-refractivity contribution in [2.75, 3.05) is 39.3 Å². The highest BCUT2D eigenvalue weighted by molar-refractivity contribution is 5.79. The molecular weight excluding hydrogens is 346 g/mol. The number of guanidine groups is 1. The molecule has 0 spiro atoms. The third kappa shape index (κ3) is 5.71. The maximum atomic E-state index is 4.81. The fourth-order valence-corrected chi connectivity index (χ4v) is 4.50. The van der Waals surface area contributed by atoms with Crippen LogP contribution in [-0.2, 0) is 13.1 Å². The molecule has 0 radical (unpaired) electrons. The van der Waals surface area contributed by atoms with Crippen LogP contribution in [0, 0.1) is 5.92 Å². The molecule has 1 saturated carbocycles. The summed E-state index contributed by atoms with van der Waals surface area (Å²) >= 11 is 0. The van der Waals surface area contributed by atoms with Crippen molar-refractivity contribution >= 4 is 5.96 Å². The molecule has 0 bridgehead atoms. The van der Waals surface area contributed by atoms with Gasteiger partial charge >= 0.3 is 0 Å². The Morgan fingerprint density at radius 3 is 2.46 bits per heavy atom. The SMILES string of the molecule is CCNC(=NCc1ccc(CN2CCCC2)cc1)NCC1CCN(C2CC2)C1. The Morgan fingerprint density at radius 1 is 1.00 bits per heavy atom. The van der Waals surface area contributed by atoms with Gasteiger partial charge < -0.3 is 15.5 Å². The highest BCUT2D eigenvalue weighted by Crippen LogP contribution is 2.31. The molecular formula is C23H37N5. The lowest BCUT2D eigenvalue weighted by molar-refractivity contribution is 0.314. The number of nitrogens with one attached hydrogen (secondary N) is 2. The number of benzene rings is 1. The maximum Gasteiger partial charge on any atom is 0.191 e.